The van der Waals surface area contributed by atoms with E-state index in [0.29, 0.717) is 11.3 Å². The van der Waals surface area contributed by atoms with Crippen molar-refractivity contribution in [2.45, 2.75) is 12.1 Å². The van der Waals surface area contributed by atoms with Crippen molar-refractivity contribution in [3.05, 3.63) is 48.4 Å². The number of carbonyl (C=O) groups excluding carboxylic acids is 1. The predicted octanol–water partition coefficient (Wildman–Crippen LogP) is 1.23. The number of amides is 1. The number of aliphatic hydroxyl groups is 1. The van der Waals surface area contributed by atoms with Gasteiger partial charge >= 0.3 is 0 Å². The number of H-pyrrole nitrogens is 1. The van der Waals surface area contributed by atoms with Crippen molar-refractivity contribution in [1.29, 1.82) is 0 Å². The third kappa shape index (κ3) is 1.98. The van der Waals surface area contributed by atoms with E-state index in [9.17, 15) is 9.90 Å². The highest BCUT2D eigenvalue weighted by atomic mass is 16.5. The number of aromatic nitrogens is 1. The summed E-state index contributed by atoms with van der Waals surface area (Å²) in [5.41, 5.74) is 1.65. The van der Waals surface area contributed by atoms with Crippen LogP contribution in [0.5, 0.6) is 0 Å². The maximum atomic E-state index is 11.4. The third-order valence-corrected chi connectivity index (χ3v) is 3.31. The Morgan fingerprint density at radius 2 is 2.21 bits per heavy atom. The minimum atomic E-state index is -0.895. The highest BCUT2D eigenvalue weighted by Crippen LogP contribution is 2.29. The molecule has 5 heteroatoms. The van der Waals surface area contributed by atoms with E-state index in [-0.39, 0.29) is 12.5 Å². The van der Waals surface area contributed by atoms with Crippen molar-refractivity contribution >= 4 is 16.8 Å². The minimum absolute atomic E-state index is 0.0457. The SMILES string of the molecule is C=C1OCC(=O)NC1C(O)c1c[nH]c2ccccc12. The molecule has 1 saturated heterocycles. The zero-order chi connectivity index (χ0) is 13.4. The van der Waals surface area contributed by atoms with Crippen LogP contribution in [0.15, 0.2) is 42.8 Å². The van der Waals surface area contributed by atoms with Crippen LogP contribution < -0.4 is 5.32 Å². The number of carbonyl (C=O) groups is 1. The van der Waals surface area contributed by atoms with Crippen LogP contribution in [-0.4, -0.2) is 28.6 Å². The summed E-state index contributed by atoms with van der Waals surface area (Å²) in [5, 5.41) is 14.1. The first-order chi connectivity index (χ1) is 9.16. The number of hydrogen-bond acceptors (Lipinski definition) is 3. The Morgan fingerprint density at radius 1 is 1.42 bits per heavy atom. The molecule has 1 aliphatic heterocycles. The summed E-state index contributed by atoms with van der Waals surface area (Å²) < 4.78 is 5.16. The summed E-state index contributed by atoms with van der Waals surface area (Å²) in [6.07, 6.45) is 0.844. The van der Waals surface area contributed by atoms with Crippen LogP contribution in [0.2, 0.25) is 0 Å². The number of ether oxygens (including phenoxy) is 1. The van der Waals surface area contributed by atoms with Crippen molar-refractivity contribution in [2.24, 2.45) is 0 Å². The Morgan fingerprint density at radius 3 is 3.05 bits per heavy atom. The first-order valence-corrected chi connectivity index (χ1v) is 6.02. The third-order valence-electron chi connectivity index (χ3n) is 3.31. The highest BCUT2D eigenvalue weighted by molar-refractivity contribution is 5.84. The van der Waals surface area contributed by atoms with E-state index in [1.807, 2.05) is 24.3 Å². The van der Waals surface area contributed by atoms with E-state index in [0.717, 1.165) is 10.9 Å². The normalized spacial score (nSPS) is 21.0. The first-order valence-electron chi connectivity index (χ1n) is 6.02. The maximum Gasteiger partial charge on any atom is 0.258 e. The molecule has 5 nitrogen and oxygen atoms in total. The number of fused-ring (bicyclic) bond motifs is 1. The fourth-order valence-electron chi connectivity index (χ4n) is 2.32. The molecule has 0 radical (unpaired) electrons. The standard InChI is InChI=1S/C14H14N2O3/c1-8-13(16-12(17)7-19-8)14(18)10-6-15-11-5-3-2-4-9(10)11/h2-6,13-15,18H,1,7H2,(H,16,17). The second kappa shape index (κ2) is 4.44. The number of morpholine rings is 1. The summed E-state index contributed by atoms with van der Waals surface area (Å²) in [6, 6.07) is 7.03. The molecule has 0 spiro atoms. The lowest BCUT2D eigenvalue weighted by Crippen LogP contribution is -2.47. The quantitative estimate of drug-likeness (QED) is 0.758. The topological polar surface area (TPSA) is 74.3 Å². The largest absolute Gasteiger partial charge is 0.486 e. The second-order valence-corrected chi connectivity index (χ2v) is 4.53. The van der Waals surface area contributed by atoms with Gasteiger partial charge in [-0.15, -0.1) is 0 Å². The minimum Gasteiger partial charge on any atom is -0.486 e. The maximum absolute atomic E-state index is 11.4. The smallest absolute Gasteiger partial charge is 0.258 e. The van der Waals surface area contributed by atoms with E-state index < -0.39 is 12.1 Å². The number of nitrogens with one attached hydrogen (secondary N) is 2. The number of hydrogen-bond donors (Lipinski definition) is 3. The lowest BCUT2D eigenvalue weighted by atomic mass is 9.99. The summed E-state index contributed by atoms with van der Waals surface area (Å²) in [4.78, 5) is 14.5. The molecule has 2 aromatic rings. The van der Waals surface area contributed by atoms with Crippen molar-refractivity contribution in [3.63, 3.8) is 0 Å². The molecular weight excluding hydrogens is 244 g/mol. The van der Waals surface area contributed by atoms with E-state index in [1.165, 1.54) is 0 Å². The van der Waals surface area contributed by atoms with Gasteiger partial charge in [0.05, 0.1) is 0 Å². The van der Waals surface area contributed by atoms with Gasteiger partial charge in [-0.1, -0.05) is 24.8 Å². The number of benzene rings is 1. The van der Waals surface area contributed by atoms with Crippen LogP contribution in [-0.2, 0) is 9.53 Å². The molecule has 3 N–H and O–H groups in total. The van der Waals surface area contributed by atoms with Gasteiger partial charge in [0, 0.05) is 22.7 Å². The van der Waals surface area contributed by atoms with E-state index in [1.54, 1.807) is 6.20 Å². The fourth-order valence-corrected chi connectivity index (χ4v) is 2.32. The van der Waals surface area contributed by atoms with Crippen LogP contribution in [0.1, 0.15) is 11.7 Å². The molecule has 0 bridgehead atoms. The number of aliphatic hydroxyl groups excluding tert-OH is 1. The van der Waals surface area contributed by atoms with Gasteiger partial charge in [0.1, 0.15) is 17.9 Å². The molecule has 2 atom stereocenters. The molecule has 1 aromatic carbocycles. The van der Waals surface area contributed by atoms with E-state index >= 15 is 0 Å². The summed E-state index contributed by atoms with van der Waals surface area (Å²) >= 11 is 0. The number of para-hydroxylation sites is 1. The van der Waals surface area contributed by atoms with Crippen LogP contribution in [0.4, 0.5) is 0 Å². The monoisotopic (exact) mass is 258 g/mol. The van der Waals surface area contributed by atoms with Crippen molar-refractivity contribution in [1.82, 2.24) is 10.3 Å². The summed E-state index contributed by atoms with van der Waals surface area (Å²) in [5.74, 6) is 0.119. The van der Waals surface area contributed by atoms with Gasteiger partial charge in [-0.2, -0.15) is 0 Å². The molecule has 0 saturated carbocycles. The summed E-state index contributed by atoms with van der Waals surface area (Å²) in [7, 11) is 0. The van der Waals surface area contributed by atoms with Gasteiger partial charge in [-0.3, -0.25) is 4.79 Å². The van der Waals surface area contributed by atoms with Gasteiger partial charge in [-0.05, 0) is 6.07 Å². The van der Waals surface area contributed by atoms with Gasteiger partial charge in [0.15, 0.2) is 6.61 Å². The second-order valence-electron chi connectivity index (χ2n) is 4.53. The average Bonchev–Trinajstić information content (AvgIpc) is 2.84. The van der Waals surface area contributed by atoms with E-state index in [4.69, 9.17) is 4.74 Å². The molecule has 1 amide bonds. The Labute approximate surface area is 109 Å². The van der Waals surface area contributed by atoms with Crippen LogP contribution in [0.3, 0.4) is 0 Å². The van der Waals surface area contributed by atoms with Gasteiger partial charge in [0.2, 0.25) is 0 Å². The Bertz CT molecular complexity index is 647. The van der Waals surface area contributed by atoms with Crippen molar-refractivity contribution < 1.29 is 14.6 Å². The molecular formula is C14H14N2O3. The highest BCUT2D eigenvalue weighted by Gasteiger charge is 2.31. The Hall–Kier alpha value is -2.27. The molecule has 1 aromatic heterocycles. The Kier molecular flexibility index (Phi) is 2.76. The van der Waals surface area contributed by atoms with Gasteiger partial charge < -0.3 is 20.1 Å². The molecule has 1 fully saturated rings. The molecule has 2 heterocycles. The van der Waals surface area contributed by atoms with Crippen LogP contribution >= 0.6 is 0 Å². The molecule has 1 aliphatic rings. The zero-order valence-corrected chi connectivity index (χ0v) is 10.2. The average molecular weight is 258 g/mol. The molecule has 0 aliphatic carbocycles. The van der Waals surface area contributed by atoms with Crippen LogP contribution in [0.25, 0.3) is 10.9 Å². The van der Waals surface area contributed by atoms with Crippen LogP contribution in [0, 0.1) is 0 Å². The van der Waals surface area contributed by atoms with Crippen molar-refractivity contribution in [3.8, 4) is 0 Å². The lowest BCUT2D eigenvalue weighted by Gasteiger charge is -2.29. The first kappa shape index (κ1) is 11.8. The fraction of sp³-hybridized carbons (Fsp3) is 0.214. The number of rotatable bonds is 2. The Balaban J connectivity index is 1.96. The molecule has 3 rings (SSSR count). The molecule has 98 valence electrons. The summed E-state index contributed by atoms with van der Waals surface area (Å²) in [6.45, 7) is 3.69. The molecule has 19 heavy (non-hydrogen) atoms. The zero-order valence-electron chi connectivity index (χ0n) is 10.2. The lowest BCUT2D eigenvalue weighted by molar-refractivity contribution is -0.129. The number of aromatic amines is 1. The molecule has 2 unspecified atom stereocenters. The van der Waals surface area contributed by atoms with E-state index in [2.05, 4.69) is 16.9 Å². The van der Waals surface area contributed by atoms with Gasteiger partial charge in [0.25, 0.3) is 5.91 Å². The van der Waals surface area contributed by atoms with Gasteiger partial charge in [-0.25, -0.2) is 0 Å². The van der Waals surface area contributed by atoms with Crippen molar-refractivity contribution in [2.75, 3.05) is 6.61 Å². The predicted molar refractivity (Wildman–Crippen MR) is 70.3 cm³/mol.